The molecule has 0 N–H and O–H groups in total. The van der Waals surface area contributed by atoms with Gasteiger partial charge in [0.1, 0.15) is 0 Å². The molecule has 6 heteroatoms. The molecule has 0 bridgehead atoms. The summed E-state index contributed by atoms with van der Waals surface area (Å²) in [5.41, 5.74) is 14.1. The Morgan fingerprint density at radius 3 is 1.00 bits per heavy atom. The summed E-state index contributed by atoms with van der Waals surface area (Å²) in [5.74, 6) is 0. The van der Waals surface area contributed by atoms with E-state index in [9.17, 15) is 0 Å². The summed E-state index contributed by atoms with van der Waals surface area (Å²) < 4.78 is 15.0. The van der Waals surface area contributed by atoms with Gasteiger partial charge in [-0.3, -0.25) is 0 Å². The summed E-state index contributed by atoms with van der Waals surface area (Å²) in [5, 5.41) is 25.6. The zero-order chi connectivity index (χ0) is 57.0. The summed E-state index contributed by atoms with van der Waals surface area (Å²) >= 11 is 3.76. The third-order valence-corrected chi connectivity index (χ3v) is 21.6. The van der Waals surface area contributed by atoms with Gasteiger partial charge in [-0.15, -0.1) is 22.7 Å². The minimum atomic E-state index is 1.13. The topological polar surface area (TPSA) is 19.7 Å². The van der Waals surface area contributed by atoms with Gasteiger partial charge in [0.05, 0.1) is 62.9 Å². The Morgan fingerprint density at radius 2 is 0.545 bits per heavy atom. The number of aromatic nitrogens is 4. The number of hydrogen-bond donors (Lipinski definition) is 0. The number of benzene rings is 17. The van der Waals surface area contributed by atoms with Crippen molar-refractivity contribution >= 4 is 193 Å². The lowest BCUT2D eigenvalue weighted by Gasteiger charge is -2.18. The zero-order valence-electron chi connectivity index (χ0n) is 47.2. The first-order chi connectivity index (χ1) is 43.6. The first-order valence-electron chi connectivity index (χ1n) is 30.2. The van der Waals surface area contributed by atoms with E-state index in [1.54, 1.807) is 0 Å². The van der Waals surface area contributed by atoms with Gasteiger partial charge in [-0.05, 0) is 195 Å². The predicted molar refractivity (Wildman–Crippen MR) is 380 cm³/mol. The summed E-state index contributed by atoms with van der Waals surface area (Å²) in [4.78, 5) is 0. The number of para-hydroxylation sites is 4. The highest BCUT2D eigenvalue weighted by Gasteiger charge is 2.24. The van der Waals surface area contributed by atoms with Crippen LogP contribution in [-0.2, 0) is 0 Å². The van der Waals surface area contributed by atoms with Crippen molar-refractivity contribution in [1.29, 1.82) is 0 Å². The van der Waals surface area contributed by atoms with E-state index in [1.165, 1.54) is 171 Å². The maximum atomic E-state index is 2.50. The fourth-order valence-corrected chi connectivity index (χ4v) is 17.9. The average Bonchev–Trinajstić information content (AvgIpc) is 1.52. The molecule has 0 aliphatic carbocycles. The Bertz CT molecular complexity index is 6230. The third kappa shape index (κ3) is 6.36. The highest BCUT2D eigenvalue weighted by molar-refractivity contribution is 7.25. The Hall–Kier alpha value is -11.0. The predicted octanol–water partition coefficient (Wildman–Crippen LogP) is 23.4. The molecule has 0 aliphatic heterocycles. The van der Waals surface area contributed by atoms with Crippen LogP contribution in [0.5, 0.6) is 0 Å². The number of fused-ring (bicyclic) bond motifs is 15. The highest BCUT2D eigenvalue weighted by atomic mass is 32.1. The molecule has 0 saturated heterocycles. The van der Waals surface area contributed by atoms with E-state index in [-0.39, 0.29) is 0 Å². The zero-order valence-corrected chi connectivity index (χ0v) is 48.8. The van der Waals surface area contributed by atoms with Gasteiger partial charge in [-0.25, -0.2) is 0 Å². The molecular formula is C82H46N4S2. The standard InChI is InChI=1S/C82H46N4S2/c1-3-17-55(18-4-1)83-67-45-69-75(43-63(67)81-61-35-31-49-15-11-13-47-25-29-53(41-71(81)83)79(61)77(47)49)87-73-23-9-7-21-65(73)85(69)57-33-37-59-51(39-57)27-28-52-40-58(34-38-60(52)59)86-66-22-8-10-24-74(66)88-76-44-64-68(46-70(76)86)84(56-19-5-2-6-20-56)72-42-54-30-26-48-14-12-16-50-32-36-62(82(64)72)80(54)78(48)50/h1-46H. The first-order valence-corrected chi connectivity index (χ1v) is 31.8. The lowest BCUT2D eigenvalue weighted by atomic mass is 9.92. The molecule has 0 atom stereocenters. The van der Waals surface area contributed by atoms with Crippen LogP contribution in [0.4, 0.5) is 0 Å². The molecule has 406 valence electrons. The van der Waals surface area contributed by atoms with Crippen LogP contribution < -0.4 is 0 Å². The molecule has 21 rings (SSSR count). The van der Waals surface area contributed by atoms with Crippen LogP contribution in [0, 0.1) is 0 Å². The molecule has 0 fully saturated rings. The van der Waals surface area contributed by atoms with Gasteiger partial charge < -0.3 is 18.3 Å². The Morgan fingerprint density at radius 1 is 0.170 bits per heavy atom. The number of nitrogens with zero attached hydrogens (tertiary/aromatic N) is 4. The molecule has 17 aromatic carbocycles. The van der Waals surface area contributed by atoms with Gasteiger partial charge in [-0.2, -0.15) is 0 Å². The van der Waals surface area contributed by atoms with Crippen molar-refractivity contribution in [1.82, 2.24) is 18.3 Å². The van der Waals surface area contributed by atoms with E-state index in [0.717, 1.165) is 22.7 Å². The van der Waals surface area contributed by atoms with Gasteiger partial charge in [0.15, 0.2) is 0 Å². The summed E-state index contributed by atoms with van der Waals surface area (Å²) in [7, 11) is 0. The Kier molecular flexibility index (Phi) is 9.31. The van der Waals surface area contributed by atoms with E-state index in [0.29, 0.717) is 0 Å². The Balaban J connectivity index is 0.764. The molecule has 0 unspecified atom stereocenters. The largest absolute Gasteiger partial charge is 0.309 e. The lowest BCUT2D eigenvalue weighted by molar-refractivity contribution is 1.16. The van der Waals surface area contributed by atoms with Crippen LogP contribution in [0.2, 0.25) is 0 Å². The fraction of sp³-hybridized carbons (Fsp3) is 0. The van der Waals surface area contributed by atoms with Crippen LogP contribution in [0.1, 0.15) is 0 Å². The second-order valence-corrected chi connectivity index (χ2v) is 26.1. The molecule has 4 aromatic heterocycles. The van der Waals surface area contributed by atoms with Gasteiger partial charge in [0, 0.05) is 44.3 Å². The van der Waals surface area contributed by atoms with E-state index in [1.807, 2.05) is 22.7 Å². The van der Waals surface area contributed by atoms with Crippen molar-refractivity contribution in [2.75, 3.05) is 0 Å². The monoisotopic (exact) mass is 1150 g/mol. The van der Waals surface area contributed by atoms with Gasteiger partial charge in [0.2, 0.25) is 0 Å². The van der Waals surface area contributed by atoms with Gasteiger partial charge in [0.25, 0.3) is 0 Å². The summed E-state index contributed by atoms with van der Waals surface area (Å²) in [6.45, 7) is 0. The first kappa shape index (κ1) is 47.3. The van der Waals surface area contributed by atoms with Crippen LogP contribution >= 0.6 is 22.7 Å². The van der Waals surface area contributed by atoms with Crippen molar-refractivity contribution in [3.8, 4) is 22.7 Å². The Labute approximate surface area is 510 Å². The van der Waals surface area contributed by atoms with Crippen molar-refractivity contribution in [2.45, 2.75) is 0 Å². The van der Waals surface area contributed by atoms with Crippen molar-refractivity contribution in [3.63, 3.8) is 0 Å². The molecule has 0 amide bonds. The maximum absolute atomic E-state index is 2.50. The van der Waals surface area contributed by atoms with Crippen LogP contribution in [0.3, 0.4) is 0 Å². The summed E-state index contributed by atoms with van der Waals surface area (Å²) in [6, 6.07) is 105. The second kappa shape index (κ2) is 17.3. The molecule has 0 radical (unpaired) electrons. The highest BCUT2D eigenvalue weighted by Crippen LogP contribution is 2.48. The van der Waals surface area contributed by atoms with Crippen molar-refractivity contribution in [2.24, 2.45) is 0 Å². The van der Waals surface area contributed by atoms with E-state index in [4.69, 9.17) is 0 Å². The van der Waals surface area contributed by atoms with Gasteiger partial charge >= 0.3 is 0 Å². The summed E-state index contributed by atoms with van der Waals surface area (Å²) in [6.07, 6.45) is 0. The molecule has 0 spiro atoms. The normalized spacial score (nSPS) is 12.5. The number of rotatable bonds is 4. The van der Waals surface area contributed by atoms with E-state index in [2.05, 4.69) is 297 Å². The van der Waals surface area contributed by atoms with Crippen molar-refractivity contribution in [3.05, 3.63) is 279 Å². The van der Waals surface area contributed by atoms with E-state index < -0.39 is 0 Å². The van der Waals surface area contributed by atoms with E-state index >= 15 is 0 Å². The SMILES string of the molecule is c1ccc(-n2c3cc4c(cc3c3c5ccc6cccc7ccc(cc32)c5c76)sc2ccccc2n4-c2ccc3c(ccc4cc(-n5c6ccccc6sc6cc7c8c9ccc%10cccc%11ccc(cc8n(-c8ccccc8)c7cc65)c9c%11%10)ccc43)c2)cc1. The molecule has 4 nitrogen and oxygen atoms in total. The van der Waals surface area contributed by atoms with Crippen molar-refractivity contribution < 1.29 is 0 Å². The molecular weight excluding hydrogens is 1110 g/mol. The maximum Gasteiger partial charge on any atom is 0.0655 e. The molecule has 21 aromatic rings. The molecule has 4 heterocycles. The smallest absolute Gasteiger partial charge is 0.0655 e. The second-order valence-electron chi connectivity index (χ2n) is 24.0. The minimum Gasteiger partial charge on any atom is -0.309 e. The minimum absolute atomic E-state index is 1.13. The molecule has 88 heavy (non-hydrogen) atoms. The molecule has 0 saturated carbocycles. The van der Waals surface area contributed by atoms with Gasteiger partial charge in [-0.1, -0.05) is 170 Å². The number of hydrogen-bond acceptors (Lipinski definition) is 2. The quantitative estimate of drug-likeness (QED) is 0.124. The fourth-order valence-electron chi connectivity index (χ4n) is 15.7. The third-order valence-electron chi connectivity index (χ3n) is 19.4. The van der Waals surface area contributed by atoms with Crippen LogP contribution in [0.25, 0.3) is 193 Å². The molecule has 0 aliphatic rings. The average molecular weight is 1150 g/mol. The van der Waals surface area contributed by atoms with Crippen LogP contribution in [-0.4, -0.2) is 18.3 Å². The van der Waals surface area contributed by atoms with Crippen LogP contribution in [0.15, 0.2) is 279 Å². The lowest BCUT2D eigenvalue weighted by Crippen LogP contribution is -2.00.